The maximum atomic E-state index is 12.0. The van der Waals surface area contributed by atoms with Crippen molar-refractivity contribution in [1.29, 1.82) is 0 Å². The van der Waals surface area contributed by atoms with E-state index < -0.39 is 0 Å². The van der Waals surface area contributed by atoms with Gasteiger partial charge in [0.05, 0.1) is 31.5 Å². The van der Waals surface area contributed by atoms with Gasteiger partial charge in [-0.3, -0.25) is 0 Å². The number of aromatic nitrogens is 1. The Kier molecular flexibility index (Phi) is 8.26. The number of aryl methyl sites for hydroxylation is 1. The molecule has 0 N–H and O–H groups in total. The molecule has 0 radical (unpaired) electrons. The van der Waals surface area contributed by atoms with Crippen molar-refractivity contribution in [3.05, 3.63) is 39.3 Å². The zero-order valence-electron chi connectivity index (χ0n) is 15.1. The predicted octanol–water partition coefficient (Wildman–Crippen LogP) is 4.26. The Bertz CT molecular complexity index is 667. The molecule has 0 unspecified atom stereocenters. The van der Waals surface area contributed by atoms with E-state index in [0.717, 1.165) is 22.1 Å². The van der Waals surface area contributed by atoms with E-state index in [1.807, 2.05) is 39.0 Å². The largest absolute Gasteiger partial charge is 0.497 e. The van der Waals surface area contributed by atoms with E-state index in [2.05, 4.69) is 4.98 Å². The Hall–Kier alpha value is -2.08. The third-order valence-electron chi connectivity index (χ3n) is 3.11. The Morgan fingerprint density at radius 1 is 1.21 bits per heavy atom. The van der Waals surface area contributed by atoms with Crippen molar-refractivity contribution in [2.45, 2.75) is 34.1 Å². The molecule has 5 nitrogen and oxygen atoms in total. The number of carbonyl (C=O) groups is 1. The molecule has 6 heteroatoms. The molecule has 0 saturated heterocycles. The van der Waals surface area contributed by atoms with Crippen LogP contribution in [0.4, 0.5) is 0 Å². The van der Waals surface area contributed by atoms with Gasteiger partial charge in [0.25, 0.3) is 0 Å². The molecule has 1 heterocycles. The Morgan fingerprint density at radius 2 is 1.92 bits per heavy atom. The summed E-state index contributed by atoms with van der Waals surface area (Å²) in [4.78, 5) is 17.0. The molecule has 1 aromatic carbocycles. The first kappa shape index (κ1) is 20.0. The predicted molar refractivity (Wildman–Crippen MR) is 96.5 cm³/mol. The molecule has 24 heavy (non-hydrogen) atoms. The fourth-order valence-corrected chi connectivity index (χ4v) is 2.98. The molecule has 2 aromatic rings. The number of nitrogens with zero attached hydrogens (tertiary/aromatic N) is 1. The summed E-state index contributed by atoms with van der Waals surface area (Å²) < 4.78 is 15.7. The fourth-order valence-electron chi connectivity index (χ4n) is 2.15. The van der Waals surface area contributed by atoms with Crippen LogP contribution in [0.5, 0.6) is 11.5 Å². The van der Waals surface area contributed by atoms with Gasteiger partial charge in [0.15, 0.2) is 0 Å². The van der Waals surface area contributed by atoms with Gasteiger partial charge in [-0.05, 0) is 32.0 Å². The molecule has 132 valence electrons. The van der Waals surface area contributed by atoms with Crippen LogP contribution in [0.25, 0.3) is 0 Å². The molecule has 0 aliphatic heterocycles. The average Bonchev–Trinajstić information content (AvgIpc) is 2.97. The van der Waals surface area contributed by atoms with Gasteiger partial charge in [-0.1, -0.05) is 13.8 Å². The number of methoxy groups -OCH3 is 2. The Morgan fingerprint density at radius 3 is 2.50 bits per heavy atom. The smallest absolute Gasteiger partial charge is 0.350 e. The second-order valence-electron chi connectivity index (χ2n) is 4.58. The van der Waals surface area contributed by atoms with Gasteiger partial charge in [0.1, 0.15) is 16.4 Å². The second-order valence-corrected chi connectivity index (χ2v) is 5.79. The summed E-state index contributed by atoms with van der Waals surface area (Å²) in [6, 6.07) is 5.57. The highest BCUT2D eigenvalue weighted by molar-refractivity contribution is 7.13. The molecule has 1 aromatic heterocycles. The number of hydrogen-bond acceptors (Lipinski definition) is 6. The van der Waals surface area contributed by atoms with Crippen LogP contribution in [0.2, 0.25) is 0 Å². The lowest BCUT2D eigenvalue weighted by molar-refractivity contribution is 0.0530. The normalized spacial score (nSPS) is 9.75. The number of esters is 1. The summed E-state index contributed by atoms with van der Waals surface area (Å²) in [5.74, 6) is 1.15. The summed E-state index contributed by atoms with van der Waals surface area (Å²) >= 11 is 1.35. The lowest BCUT2D eigenvalue weighted by Gasteiger charge is -2.10. The molecule has 0 amide bonds. The summed E-state index contributed by atoms with van der Waals surface area (Å²) in [5, 5.41) is 0.833. The number of hydrogen-bond donors (Lipinski definition) is 0. The van der Waals surface area contributed by atoms with Crippen molar-refractivity contribution >= 4 is 17.3 Å². The van der Waals surface area contributed by atoms with Crippen LogP contribution in [-0.4, -0.2) is 31.8 Å². The maximum Gasteiger partial charge on any atom is 0.350 e. The second kappa shape index (κ2) is 9.93. The van der Waals surface area contributed by atoms with E-state index in [1.165, 1.54) is 11.3 Å². The SMILES string of the molecule is CC.CCOC(=O)c1sc(C)nc1Cc1cc(OC)ccc1OC. The molecule has 2 rings (SSSR count). The first-order valence-electron chi connectivity index (χ1n) is 7.93. The van der Waals surface area contributed by atoms with Crippen LogP contribution >= 0.6 is 11.3 Å². The lowest BCUT2D eigenvalue weighted by atomic mass is 10.1. The average molecular weight is 351 g/mol. The molecule has 0 atom stereocenters. The standard InChI is InChI=1S/C16H19NO4S.C2H6/c1-5-21-16(18)15-13(17-10(2)22-15)9-11-8-12(19-3)6-7-14(11)20-4;1-2/h6-8H,5,9H2,1-4H3;1-2H3. The molecule has 0 aliphatic rings. The van der Waals surface area contributed by atoms with Gasteiger partial charge < -0.3 is 14.2 Å². The summed E-state index contributed by atoms with van der Waals surface area (Å²) in [6.07, 6.45) is 0.485. The topological polar surface area (TPSA) is 57.7 Å². The van der Waals surface area contributed by atoms with E-state index in [1.54, 1.807) is 21.1 Å². The summed E-state index contributed by atoms with van der Waals surface area (Å²) in [7, 11) is 3.23. The highest BCUT2D eigenvalue weighted by Gasteiger charge is 2.19. The van der Waals surface area contributed by atoms with Crippen molar-refractivity contribution in [3.63, 3.8) is 0 Å². The zero-order chi connectivity index (χ0) is 18.1. The van der Waals surface area contributed by atoms with Crippen molar-refractivity contribution in [3.8, 4) is 11.5 Å². The van der Waals surface area contributed by atoms with E-state index >= 15 is 0 Å². The zero-order valence-corrected chi connectivity index (χ0v) is 16.0. The van der Waals surface area contributed by atoms with Gasteiger partial charge >= 0.3 is 5.97 Å². The van der Waals surface area contributed by atoms with Crippen LogP contribution in [0.15, 0.2) is 18.2 Å². The van der Waals surface area contributed by atoms with Crippen LogP contribution in [-0.2, 0) is 11.2 Å². The minimum atomic E-state index is -0.329. The third kappa shape index (κ3) is 4.96. The van der Waals surface area contributed by atoms with Crippen LogP contribution in [0.3, 0.4) is 0 Å². The van der Waals surface area contributed by atoms with Gasteiger partial charge in [-0.2, -0.15) is 0 Å². The van der Waals surface area contributed by atoms with E-state index in [-0.39, 0.29) is 5.97 Å². The maximum absolute atomic E-state index is 12.0. The van der Waals surface area contributed by atoms with E-state index in [4.69, 9.17) is 14.2 Å². The van der Waals surface area contributed by atoms with Crippen molar-refractivity contribution in [2.75, 3.05) is 20.8 Å². The first-order valence-corrected chi connectivity index (χ1v) is 8.75. The minimum absolute atomic E-state index is 0.329. The van der Waals surface area contributed by atoms with Gasteiger partial charge in [-0.15, -0.1) is 11.3 Å². The highest BCUT2D eigenvalue weighted by Crippen LogP contribution is 2.29. The molecule has 0 saturated carbocycles. The number of carbonyl (C=O) groups excluding carboxylic acids is 1. The summed E-state index contributed by atoms with van der Waals surface area (Å²) in [6.45, 7) is 8.01. The van der Waals surface area contributed by atoms with Gasteiger partial charge in [0, 0.05) is 12.0 Å². The third-order valence-corrected chi connectivity index (χ3v) is 4.10. The Labute approximate surface area is 147 Å². The van der Waals surface area contributed by atoms with Crippen LogP contribution < -0.4 is 9.47 Å². The number of benzene rings is 1. The lowest BCUT2D eigenvalue weighted by Crippen LogP contribution is -2.06. The van der Waals surface area contributed by atoms with E-state index in [0.29, 0.717) is 23.6 Å². The monoisotopic (exact) mass is 351 g/mol. The highest BCUT2D eigenvalue weighted by atomic mass is 32.1. The van der Waals surface area contributed by atoms with Crippen molar-refractivity contribution in [2.24, 2.45) is 0 Å². The molecule has 0 bridgehead atoms. The molecular formula is C18H25NO4S. The quantitative estimate of drug-likeness (QED) is 0.728. The van der Waals surface area contributed by atoms with Gasteiger partial charge in [-0.25, -0.2) is 9.78 Å². The fraction of sp³-hybridized carbons (Fsp3) is 0.444. The minimum Gasteiger partial charge on any atom is -0.497 e. The van der Waals surface area contributed by atoms with Gasteiger partial charge in [0.2, 0.25) is 0 Å². The first-order chi connectivity index (χ1) is 11.6. The number of thiazole rings is 1. The van der Waals surface area contributed by atoms with Crippen molar-refractivity contribution < 1.29 is 19.0 Å². The molecule has 0 spiro atoms. The number of rotatable bonds is 6. The molecule has 0 aliphatic carbocycles. The van der Waals surface area contributed by atoms with Crippen LogP contribution in [0.1, 0.15) is 46.7 Å². The number of ether oxygens (including phenoxy) is 3. The van der Waals surface area contributed by atoms with E-state index in [9.17, 15) is 4.79 Å². The Balaban J connectivity index is 0.00000139. The molecular weight excluding hydrogens is 326 g/mol. The van der Waals surface area contributed by atoms with Crippen LogP contribution in [0, 0.1) is 6.92 Å². The molecule has 0 fully saturated rings. The summed E-state index contributed by atoms with van der Waals surface area (Å²) in [5.41, 5.74) is 1.62. The van der Waals surface area contributed by atoms with Crippen molar-refractivity contribution in [1.82, 2.24) is 4.98 Å².